The monoisotopic (exact) mass is 539 g/mol. The van der Waals surface area contributed by atoms with Crippen LogP contribution >= 0.6 is 0 Å². The fourth-order valence-corrected chi connectivity index (χ4v) is 4.26. The van der Waals surface area contributed by atoms with Crippen molar-refractivity contribution in [2.45, 2.75) is 0 Å². The number of hydrogen-bond donors (Lipinski definition) is 2. The van der Waals surface area contributed by atoms with Gasteiger partial charge in [-0.3, -0.25) is 14.2 Å². The van der Waals surface area contributed by atoms with Crippen LogP contribution < -0.4 is 20.3 Å². The minimum atomic E-state index is -0.331. The molecule has 0 aliphatic rings. The molecule has 206 valence electrons. The maximum atomic E-state index is 12.5. The van der Waals surface area contributed by atoms with Crippen molar-refractivity contribution in [3.63, 3.8) is 0 Å². The second-order valence-corrected chi connectivity index (χ2v) is 9.35. The summed E-state index contributed by atoms with van der Waals surface area (Å²) < 4.78 is 7.25. The summed E-state index contributed by atoms with van der Waals surface area (Å²) in [7, 11) is 7.54. The highest BCUT2D eigenvalue weighted by atomic mass is 16.5. The fourth-order valence-electron chi connectivity index (χ4n) is 4.26. The molecule has 4 rings (SSSR count). The quantitative estimate of drug-likeness (QED) is 0.262. The lowest BCUT2D eigenvalue weighted by atomic mass is 10.1. The first kappa shape index (κ1) is 28.1. The van der Waals surface area contributed by atoms with E-state index in [2.05, 4.69) is 33.7 Å². The fraction of sp³-hybridized carbons (Fsp3) is 0.200. The predicted molar refractivity (Wildman–Crippen MR) is 161 cm³/mol. The largest absolute Gasteiger partial charge is 0.494 e. The Kier molecular flexibility index (Phi) is 8.60. The summed E-state index contributed by atoms with van der Waals surface area (Å²) in [6.07, 6.45) is 5.89. The zero-order chi connectivity index (χ0) is 28.8. The lowest BCUT2D eigenvalue weighted by Crippen LogP contribution is -2.29. The van der Waals surface area contributed by atoms with Gasteiger partial charge in [0.05, 0.1) is 35.4 Å². The molecule has 4 aromatic rings. The molecule has 1 amide bonds. The topological polar surface area (TPSA) is 105 Å². The average Bonchev–Trinajstić information content (AvgIpc) is 3.35. The van der Waals surface area contributed by atoms with E-state index < -0.39 is 0 Å². The third kappa shape index (κ3) is 6.02. The van der Waals surface area contributed by atoms with Gasteiger partial charge in [0.2, 0.25) is 11.9 Å². The molecule has 0 saturated heterocycles. The SMILES string of the molecule is C=CC(=O)Nc1cc(Nc2nccc(-c3cn(C(=O)C=C)c4ccccc34)n2)c(OC)cc1N(C)CCN(C)C. The highest BCUT2D eigenvalue weighted by Crippen LogP contribution is 2.38. The van der Waals surface area contributed by atoms with Gasteiger partial charge in [0.25, 0.3) is 5.91 Å². The number of methoxy groups -OCH3 is 1. The molecule has 2 aromatic heterocycles. The number of ether oxygens (including phenoxy) is 1. The van der Waals surface area contributed by atoms with Crippen molar-refractivity contribution < 1.29 is 14.3 Å². The van der Waals surface area contributed by atoms with Crippen LogP contribution in [-0.2, 0) is 4.79 Å². The van der Waals surface area contributed by atoms with Crippen LogP contribution in [0.3, 0.4) is 0 Å². The van der Waals surface area contributed by atoms with Gasteiger partial charge in [0, 0.05) is 49.5 Å². The van der Waals surface area contributed by atoms with Crippen LogP contribution in [-0.4, -0.2) is 72.6 Å². The molecule has 0 bridgehead atoms. The van der Waals surface area contributed by atoms with Crippen molar-refractivity contribution in [1.82, 2.24) is 19.4 Å². The van der Waals surface area contributed by atoms with E-state index in [0.29, 0.717) is 28.8 Å². The highest BCUT2D eigenvalue weighted by Gasteiger charge is 2.18. The van der Waals surface area contributed by atoms with Gasteiger partial charge < -0.3 is 25.2 Å². The first-order chi connectivity index (χ1) is 19.2. The number of anilines is 4. The molecule has 0 aliphatic carbocycles. The number of nitrogens with one attached hydrogen (secondary N) is 2. The van der Waals surface area contributed by atoms with E-state index in [1.54, 1.807) is 36.2 Å². The maximum absolute atomic E-state index is 12.5. The maximum Gasteiger partial charge on any atom is 0.254 e. The molecule has 40 heavy (non-hydrogen) atoms. The molecule has 2 aromatic carbocycles. The highest BCUT2D eigenvalue weighted by molar-refractivity contribution is 6.04. The van der Waals surface area contributed by atoms with Crippen LogP contribution in [0.15, 0.2) is 80.2 Å². The van der Waals surface area contributed by atoms with Crippen LogP contribution in [0.1, 0.15) is 4.79 Å². The van der Waals surface area contributed by atoms with Gasteiger partial charge in [-0.05, 0) is 44.4 Å². The van der Waals surface area contributed by atoms with E-state index >= 15 is 0 Å². The summed E-state index contributed by atoms with van der Waals surface area (Å²) in [6, 6.07) is 13.0. The Labute approximate surface area is 233 Å². The number of aromatic nitrogens is 3. The molecule has 10 heteroatoms. The van der Waals surface area contributed by atoms with Crippen LogP contribution in [0, 0.1) is 0 Å². The summed E-state index contributed by atoms with van der Waals surface area (Å²) in [6.45, 7) is 8.74. The third-order valence-corrected chi connectivity index (χ3v) is 6.36. The van der Waals surface area contributed by atoms with Gasteiger partial charge >= 0.3 is 0 Å². The zero-order valence-corrected chi connectivity index (χ0v) is 23.1. The Balaban J connectivity index is 1.73. The Morgan fingerprint density at radius 2 is 1.82 bits per heavy atom. The van der Waals surface area contributed by atoms with Crippen molar-refractivity contribution in [2.75, 3.05) is 56.9 Å². The van der Waals surface area contributed by atoms with Crippen LogP contribution in [0.5, 0.6) is 5.75 Å². The smallest absolute Gasteiger partial charge is 0.254 e. The number of fused-ring (bicyclic) bond motifs is 1. The van der Waals surface area contributed by atoms with Gasteiger partial charge in [-0.1, -0.05) is 31.4 Å². The molecular weight excluding hydrogens is 506 g/mol. The van der Waals surface area contributed by atoms with E-state index in [1.165, 1.54) is 12.2 Å². The van der Waals surface area contributed by atoms with Gasteiger partial charge in [-0.15, -0.1) is 0 Å². The second-order valence-electron chi connectivity index (χ2n) is 9.35. The van der Waals surface area contributed by atoms with Gasteiger partial charge in [0.15, 0.2) is 0 Å². The molecule has 0 radical (unpaired) electrons. The van der Waals surface area contributed by atoms with Crippen LogP contribution in [0.25, 0.3) is 22.2 Å². The summed E-state index contributed by atoms with van der Waals surface area (Å²) in [5.74, 6) is 0.300. The molecule has 0 fully saturated rings. The summed E-state index contributed by atoms with van der Waals surface area (Å²) in [5.41, 5.74) is 4.09. The number of carbonyl (C=O) groups is 2. The van der Waals surface area contributed by atoms with Crippen molar-refractivity contribution in [3.8, 4) is 17.0 Å². The normalized spacial score (nSPS) is 10.8. The molecule has 0 aliphatic heterocycles. The third-order valence-electron chi connectivity index (χ3n) is 6.36. The minimum Gasteiger partial charge on any atom is -0.494 e. The number of rotatable bonds is 11. The first-order valence-electron chi connectivity index (χ1n) is 12.6. The molecule has 0 saturated carbocycles. The van der Waals surface area contributed by atoms with E-state index in [-0.39, 0.29) is 11.8 Å². The Bertz CT molecular complexity index is 1580. The van der Waals surface area contributed by atoms with E-state index in [9.17, 15) is 9.59 Å². The molecule has 0 atom stereocenters. The number of carbonyl (C=O) groups excluding carboxylic acids is 2. The molecule has 2 heterocycles. The van der Waals surface area contributed by atoms with Crippen molar-refractivity contribution in [1.29, 1.82) is 0 Å². The van der Waals surface area contributed by atoms with Gasteiger partial charge in [0.1, 0.15) is 5.75 Å². The molecule has 2 N–H and O–H groups in total. The van der Waals surface area contributed by atoms with Crippen LogP contribution in [0.2, 0.25) is 0 Å². The first-order valence-corrected chi connectivity index (χ1v) is 12.6. The van der Waals surface area contributed by atoms with E-state index in [4.69, 9.17) is 9.72 Å². The summed E-state index contributed by atoms with van der Waals surface area (Å²) in [5, 5.41) is 6.99. The Morgan fingerprint density at radius 1 is 1.05 bits per heavy atom. The summed E-state index contributed by atoms with van der Waals surface area (Å²) in [4.78, 5) is 38.0. The lowest BCUT2D eigenvalue weighted by molar-refractivity contribution is -0.111. The second kappa shape index (κ2) is 12.3. The summed E-state index contributed by atoms with van der Waals surface area (Å²) >= 11 is 0. The number of allylic oxidation sites excluding steroid dienone is 1. The molecule has 0 unspecified atom stereocenters. The number of hydrogen-bond acceptors (Lipinski definition) is 8. The number of likely N-dealkylation sites (N-methyl/N-ethyl adjacent to an activating group) is 2. The Morgan fingerprint density at radius 3 is 2.52 bits per heavy atom. The van der Waals surface area contributed by atoms with Gasteiger partial charge in [-0.2, -0.15) is 0 Å². The number of benzene rings is 2. The molecular formula is C30H33N7O3. The zero-order valence-electron chi connectivity index (χ0n) is 23.1. The van der Waals surface area contributed by atoms with E-state index in [0.717, 1.165) is 35.2 Å². The number of amides is 1. The number of para-hydroxylation sites is 1. The average molecular weight is 540 g/mol. The standard InChI is InChI=1S/C30H33N7O3/c1-7-28(38)32-23-17-24(27(40-6)18-26(23)36(5)16-15-35(3)4)34-30-31-14-13-22(33-30)21-19-37(29(39)8-2)25-12-10-9-11-20(21)25/h7-14,17-19H,1-2,15-16H2,3-6H3,(H,32,38)(H,31,33,34). The lowest BCUT2D eigenvalue weighted by Gasteiger charge is -2.26. The molecule has 0 spiro atoms. The molecule has 10 nitrogen and oxygen atoms in total. The van der Waals surface area contributed by atoms with Crippen molar-refractivity contribution >= 4 is 45.7 Å². The van der Waals surface area contributed by atoms with Crippen molar-refractivity contribution in [2.24, 2.45) is 0 Å². The number of nitrogens with zero attached hydrogens (tertiary/aromatic N) is 5. The van der Waals surface area contributed by atoms with Crippen molar-refractivity contribution in [3.05, 3.63) is 80.2 Å². The van der Waals surface area contributed by atoms with Gasteiger partial charge in [-0.25, -0.2) is 9.97 Å². The Hall–Kier alpha value is -4.96. The van der Waals surface area contributed by atoms with Crippen LogP contribution in [0.4, 0.5) is 23.0 Å². The predicted octanol–water partition coefficient (Wildman–Crippen LogP) is 4.80. The van der Waals surface area contributed by atoms with E-state index in [1.807, 2.05) is 56.4 Å². The minimum absolute atomic E-state index is 0.232.